The minimum atomic E-state index is -1.81. The van der Waals surface area contributed by atoms with Crippen molar-refractivity contribution in [1.29, 1.82) is 0 Å². The Bertz CT molecular complexity index is 1990. The average molecular weight is 738 g/mol. The number of anilines is 2. The molecule has 1 saturated heterocycles. The van der Waals surface area contributed by atoms with Crippen molar-refractivity contribution in [3.63, 3.8) is 0 Å². The normalized spacial score (nSPS) is 14.9. The zero-order chi connectivity index (χ0) is 38.8. The van der Waals surface area contributed by atoms with Gasteiger partial charge in [-0.15, -0.1) is 0 Å². The fourth-order valence-corrected chi connectivity index (χ4v) is 4.98. The van der Waals surface area contributed by atoms with Crippen LogP contribution in [0.25, 0.3) is 11.2 Å². The van der Waals surface area contributed by atoms with Crippen molar-refractivity contribution in [2.75, 3.05) is 24.6 Å². The summed E-state index contributed by atoms with van der Waals surface area (Å²) >= 11 is 0. The van der Waals surface area contributed by atoms with Crippen molar-refractivity contribution in [1.82, 2.24) is 46.1 Å². The summed E-state index contributed by atoms with van der Waals surface area (Å²) in [4.78, 5) is 126. The number of aliphatic carboxylic acids is 2. The molecule has 280 valence electrons. The summed E-state index contributed by atoms with van der Waals surface area (Å²) in [5, 5.41) is 31.0. The van der Waals surface area contributed by atoms with Crippen molar-refractivity contribution in [2.24, 2.45) is 0 Å². The van der Waals surface area contributed by atoms with Gasteiger partial charge in [0.1, 0.15) is 24.4 Å². The molecule has 0 saturated carbocycles. The highest BCUT2D eigenvalue weighted by atomic mass is 16.4. The van der Waals surface area contributed by atoms with Crippen LogP contribution in [-0.4, -0.2) is 121 Å². The van der Waals surface area contributed by atoms with Gasteiger partial charge in [0.2, 0.25) is 29.6 Å². The third kappa shape index (κ3) is 10.7. The first-order valence-electron chi connectivity index (χ1n) is 15.8. The number of carboxylic acids is 2. The maximum atomic E-state index is 13.0. The van der Waals surface area contributed by atoms with Crippen LogP contribution in [0.15, 0.2) is 35.3 Å². The molecular formula is C31H35N11O11. The average Bonchev–Trinajstić information content (AvgIpc) is 3.88. The molecule has 1 aromatic carbocycles. The molecule has 4 rings (SSSR count). The Balaban J connectivity index is 1.33. The molecule has 5 amide bonds. The Labute approximate surface area is 298 Å². The topological polar surface area (TPSA) is 338 Å². The fraction of sp³-hybridized carbons (Fsp3) is 0.355. The van der Waals surface area contributed by atoms with Crippen LogP contribution in [-0.2, 0) is 40.1 Å². The quantitative estimate of drug-likeness (QED) is 0.0460. The van der Waals surface area contributed by atoms with Crippen LogP contribution in [0.2, 0.25) is 0 Å². The minimum Gasteiger partial charge on any atom is -0.481 e. The molecule has 3 aromatic rings. The highest BCUT2D eigenvalue weighted by Gasteiger charge is 2.43. The van der Waals surface area contributed by atoms with Crippen molar-refractivity contribution in [3.05, 3.63) is 52.1 Å². The molecule has 1 aliphatic heterocycles. The van der Waals surface area contributed by atoms with E-state index in [0.29, 0.717) is 17.7 Å². The Morgan fingerprint density at radius 1 is 0.981 bits per heavy atom. The van der Waals surface area contributed by atoms with Gasteiger partial charge in [0.25, 0.3) is 11.5 Å². The molecule has 1 fully saturated rings. The number of carbonyl (C=O) groups excluding carboxylic acids is 6. The summed E-state index contributed by atoms with van der Waals surface area (Å²) in [6.45, 7) is 0.318. The van der Waals surface area contributed by atoms with Gasteiger partial charge in [0, 0.05) is 37.7 Å². The lowest BCUT2D eigenvalue weighted by Gasteiger charge is -2.22. The molecule has 2 aromatic heterocycles. The second-order valence-corrected chi connectivity index (χ2v) is 11.7. The second kappa shape index (κ2) is 17.3. The molecule has 0 aliphatic carbocycles. The Kier molecular flexibility index (Phi) is 12.7. The number of benzene rings is 1. The number of H-pyrrole nitrogens is 1. The van der Waals surface area contributed by atoms with Crippen LogP contribution in [0.4, 0.5) is 11.6 Å². The number of amides is 5. The summed E-state index contributed by atoms with van der Waals surface area (Å²) < 4.78 is 0. The molecule has 4 atom stereocenters. The maximum Gasteiger partial charge on any atom is 0.326 e. The molecule has 0 bridgehead atoms. The lowest BCUT2D eigenvalue weighted by Crippen LogP contribution is -2.54. The number of carboxylic acid groups (broad SMARTS) is 2. The van der Waals surface area contributed by atoms with E-state index in [1.807, 2.05) is 0 Å². The number of carbonyl (C=O) groups is 8. The number of nitrogens with two attached hydrogens (primary N) is 1. The predicted octanol–water partition coefficient (Wildman–Crippen LogP) is -3.14. The first-order chi connectivity index (χ1) is 25.2. The molecule has 3 heterocycles. The highest BCUT2D eigenvalue weighted by Crippen LogP contribution is 2.22. The van der Waals surface area contributed by atoms with Crippen LogP contribution in [0.5, 0.6) is 0 Å². The Morgan fingerprint density at radius 2 is 1.70 bits per heavy atom. The van der Waals surface area contributed by atoms with E-state index < -0.39 is 84.6 Å². The lowest BCUT2D eigenvalue weighted by atomic mass is 10.1. The van der Waals surface area contributed by atoms with Crippen molar-refractivity contribution < 1.29 is 48.6 Å². The van der Waals surface area contributed by atoms with Gasteiger partial charge in [-0.3, -0.25) is 38.5 Å². The monoisotopic (exact) mass is 737 g/mol. The number of nitrogens with one attached hydrogen (secondary N) is 6. The molecule has 0 radical (unpaired) electrons. The fourth-order valence-electron chi connectivity index (χ4n) is 4.98. The molecule has 22 nitrogen and oxygen atoms in total. The van der Waals surface area contributed by atoms with Gasteiger partial charge in [-0.05, 0) is 24.3 Å². The zero-order valence-electron chi connectivity index (χ0n) is 28.0. The van der Waals surface area contributed by atoms with Gasteiger partial charge < -0.3 is 52.2 Å². The lowest BCUT2D eigenvalue weighted by molar-refractivity contribution is -0.143. The molecule has 22 heteroatoms. The van der Waals surface area contributed by atoms with Crippen molar-refractivity contribution in [3.8, 4) is 0 Å². The van der Waals surface area contributed by atoms with Crippen LogP contribution < -0.4 is 37.9 Å². The van der Waals surface area contributed by atoms with E-state index in [9.17, 15) is 53.4 Å². The number of nitrogens with zero attached hydrogens (tertiary/aromatic N) is 4. The summed E-state index contributed by atoms with van der Waals surface area (Å²) in [7, 11) is 1.42. The van der Waals surface area contributed by atoms with Crippen LogP contribution in [0.1, 0.15) is 41.7 Å². The van der Waals surface area contributed by atoms with Gasteiger partial charge in [0.15, 0.2) is 11.2 Å². The Hall–Kier alpha value is -7.00. The van der Waals surface area contributed by atoms with Gasteiger partial charge >= 0.3 is 11.9 Å². The van der Waals surface area contributed by atoms with Crippen LogP contribution in [0.3, 0.4) is 0 Å². The first-order valence-corrected chi connectivity index (χ1v) is 15.8. The SMILES string of the molecule is CNC(=O)CC1CN1C(=O)[C@H](CC=O)NC(=O)[C@H](CC(=O)O)NC(=O)C[C@H](NC(=O)c1ccc(NCc2cnc3nc(N)[nH]c(=O)c3n2)cc1)C(=O)O. The molecular weight excluding hydrogens is 702 g/mol. The second-order valence-electron chi connectivity index (χ2n) is 11.7. The number of nitrogen functional groups attached to an aromatic ring is 1. The van der Waals surface area contributed by atoms with Gasteiger partial charge in [-0.2, -0.15) is 4.98 Å². The summed E-state index contributed by atoms with van der Waals surface area (Å²) in [6, 6.07) is 0.254. The van der Waals surface area contributed by atoms with E-state index in [-0.39, 0.29) is 48.1 Å². The van der Waals surface area contributed by atoms with E-state index in [1.54, 1.807) is 0 Å². The third-order valence-electron chi connectivity index (χ3n) is 7.77. The molecule has 1 aliphatic rings. The maximum absolute atomic E-state index is 13.0. The zero-order valence-corrected chi connectivity index (χ0v) is 28.0. The Morgan fingerprint density at radius 3 is 2.34 bits per heavy atom. The number of fused-ring (bicyclic) bond motifs is 1. The van der Waals surface area contributed by atoms with E-state index in [1.165, 1.54) is 42.4 Å². The van der Waals surface area contributed by atoms with E-state index in [2.05, 4.69) is 46.5 Å². The molecule has 10 N–H and O–H groups in total. The summed E-state index contributed by atoms with van der Waals surface area (Å²) in [5.41, 5.74) is 5.93. The van der Waals surface area contributed by atoms with Crippen LogP contribution in [0, 0.1) is 0 Å². The highest BCUT2D eigenvalue weighted by molar-refractivity contribution is 5.99. The number of hydrogen-bond donors (Lipinski definition) is 9. The minimum absolute atomic E-state index is 0.00538. The van der Waals surface area contributed by atoms with Gasteiger partial charge in [-0.25, -0.2) is 14.8 Å². The van der Waals surface area contributed by atoms with E-state index in [4.69, 9.17) is 5.73 Å². The molecule has 53 heavy (non-hydrogen) atoms. The number of aldehydes is 1. The first kappa shape index (κ1) is 38.8. The van der Waals surface area contributed by atoms with Gasteiger partial charge in [0.05, 0.1) is 37.3 Å². The van der Waals surface area contributed by atoms with Gasteiger partial charge in [-0.1, -0.05) is 0 Å². The van der Waals surface area contributed by atoms with Crippen molar-refractivity contribution in [2.45, 2.75) is 56.4 Å². The predicted molar refractivity (Wildman–Crippen MR) is 181 cm³/mol. The summed E-state index contributed by atoms with van der Waals surface area (Å²) in [6.07, 6.45) is -0.614. The third-order valence-corrected chi connectivity index (χ3v) is 7.77. The molecule has 1 unspecified atom stereocenters. The van der Waals surface area contributed by atoms with Crippen molar-refractivity contribution >= 4 is 70.6 Å². The van der Waals surface area contributed by atoms with E-state index >= 15 is 0 Å². The standard InChI is InChI=1S/C31H35N11O11/c1-33-21(44)8-17-13-42(17)29(51)18(6-7-43)38-27(49)19(10-23(46)47)37-22(45)9-20(30(52)53)39-26(48)14-2-4-15(5-3-14)34-11-16-12-35-25-24(36-16)28(50)41-31(32)40-25/h2-5,7,12,17-20,34H,6,8-11,13H2,1H3,(H,33,44)(H,37,45)(H,38,49)(H,39,48)(H,46,47)(H,52,53)(H3,32,35,40,41,50)/t17?,18-,19-,20-,42?/m0/s1. The smallest absolute Gasteiger partial charge is 0.326 e. The number of aromatic nitrogens is 4. The van der Waals surface area contributed by atoms with Crippen LogP contribution >= 0.6 is 0 Å². The molecule has 0 spiro atoms. The number of hydrogen-bond acceptors (Lipinski definition) is 14. The number of aromatic amines is 1. The number of rotatable bonds is 18. The largest absolute Gasteiger partial charge is 0.481 e. The van der Waals surface area contributed by atoms with E-state index in [0.717, 1.165) is 0 Å². The summed E-state index contributed by atoms with van der Waals surface area (Å²) in [5.74, 6) is -7.39.